The third-order valence-electron chi connectivity index (χ3n) is 5.99. The highest BCUT2D eigenvalue weighted by Gasteiger charge is 2.37. The first-order chi connectivity index (χ1) is 18.4. The summed E-state index contributed by atoms with van der Waals surface area (Å²) in [6, 6.07) is 18.5. The van der Waals surface area contributed by atoms with Gasteiger partial charge in [0, 0.05) is 17.5 Å². The lowest BCUT2D eigenvalue weighted by Gasteiger charge is -2.37. The van der Waals surface area contributed by atoms with Gasteiger partial charge in [-0.05, 0) is 74.7 Å². The van der Waals surface area contributed by atoms with E-state index < -0.39 is 29.7 Å². The number of rotatable bonds is 9. The maximum Gasteiger partial charge on any atom is 0.408 e. The fourth-order valence-corrected chi connectivity index (χ4v) is 4.51. The molecule has 0 spiro atoms. The van der Waals surface area contributed by atoms with E-state index in [2.05, 4.69) is 29.8 Å². The lowest BCUT2D eigenvalue weighted by molar-refractivity contribution is -0.142. The lowest BCUT2D eigenvalue weighted by Crippen LogP contribution is -2.55. The van der Waals surface area contributed by atoms with Gasteiger partial charge in [0.15, 0.2) is 0 Å². The molecule has 3 rings (SSSR count). The number of amides is 3. The molecule has 0 radical (unpaired) electrons. The number of thiol groups is 1. The van der Waals surface area contributed by atoms with E-state index in [0.717, 1.165) is 16.3 Å². The third kappa shape index (κ3) is 7.86. The number of nitrogens with zero attached hydrogens (tertiary/aromatic N) is 1. The van der Waals surface area contributed by atoms with Gasteiger partial charge in [-0.15, -0.1) is 0 Å². The third-order valence-corrected chi connectivity index (χ3v) is 6.35. The van der Waals surface area contributed by atoms with Gasteiger partial charge >= 0.3 is 6.09 Å². The summed E-state index contributed by atoms with van der Waals surface area (Å²) in [6.45, 7) is 12.7. The minimum absolute atomic E-state index is 0.0208. The first-order valence-corrected chi connectivity index (χ1v) is 13.5. The van der Waals surface area contributed by atoms with Crippen LogP contribution in [0.5, 0.6) is 0 Å². The maximum atomic E-state index is 14.0. The molecule has 0 aliphatic heterocycles. The van der Waals surface area contributed by atoms with Crippen LogP contribution in [0.25, 0.3) is 16.8 Å². The van der Waals surface area contributed by atoms with E-state index in [1.165, 1.54) is 4.90 Å². The minimum atomic E-state index is -1.01. The van der Waals surface area contributed by atoms with Crippen LogP contribution in [0.1, 0.15) is 51.8 Å². The van der Waals surface area contributed by atoms with Crippen LogP contribution in [0.4, 0.5) is 10.5 Å². The number of carbonyl (C=O) groups excluding carboxylic acids is 3. The van der Waals surface area contributed by atoms with Crippen LogP contribution in [-0.2, 0) is 14.3 Å². The van der Waals surface area contributed by atoms with E-state index in [0.29, 0.717) is 11.3 Å². The van der Waals surface area contributed by atoms with Gasteiger partial charge in [0.1, 0.15) is 17.7 Å². The molecule has 3 aromatic carbocycles. The molecular weight excluding hydrogens is 510 g/mol. The van der Waals surface area contributed by atoms with E-state index >= 15 is 0 Å². The molecule has 0 bridgehead atoms. The summed E-state index contributed by atoms with van der Waals surface area (Å²) in [6.07, 6.45) is 0.952. The molecule has 0 aromatic heterocycles. The van der Waals surface area contributed by atoms with E-state index in [1.807, 2.05) is 74.5 Å². The first kappa shape index (κ1) is 29.8. The van der Waals surface area contributed by atoms with Crippen molar-refractivity contribution in [2.24, 2.45) is 0 Å². The standard InChI is InChI=1S/C31H37N3O4S/c1-7-21-11-10-14-24(17-21)27(28(35)32-25-16-15-22-12-8-9-13-23(22)18-25)34(20(2)3)29(36)26(19-39)33-30(37)38-31(4,5)6/h7-18,20,26-27,39H,1,19H2,2-6H3,(H,32,35)(H,33,37). The van der Waals surface area contributed by atoms with Crippen molar-refractivity contribution in [2.45, 2.75) is 58.3 Å². The first-order valence-electron chi connectivity index (χ1n) is 12.9. The Bertz CT molecular complexity index is 1350. The number of fused-ring (bicyclic) bond motifs is 1. The Kier molecular flexibility index (Phi) is 9.81. The Morgan fingerprint density at radius 2 is 1.69 bits per heavy atom. The molecule has 0 saturated heterocycles. The van der Waals surface area contributed by atoms with E-state index in [9.17, 15) is 14.4 Å². The zero-order valence-electron chi connectivity index (χ0n) is 23.1. The number of hydrogen-bond donors (Lipinski definition) is 3. The van der Waals surface area contributed by atoms with E-state index in [4.69, 9.17) is 4.74 Å². The number of benzene rings is 3. The summed E-state index contributed by atoms with van der Waals surface area (Å²) in [4.78, 5) is 41.9. The van der Waals surface area contributed by atoms with Crippen LogP contribution in [0, 0.1) is 0 Å². The van der Waals surface area contributed by atoms with Crippen LogP contribution in [0.2, 0.25) is 0 Å². The highest BCUT2D eigenvalue weighted by molar-refractivity contribution is 7.80. The van der Waals surface area contributed by atoms with Gasteiger partial charge in [0.05, 0.1) is 0 Å². The minimum Gasteiger partial charge on any atom is -0.444 e. The molecule has 0 aliphatic rings. The second-order valence-electron chi connectivity index (χ2n) is 10.5. The van der Waals surface area contributed by atoms with Gasteiger partial charge in [-0.1, -0.05) is 61.2 Å². The molecule has 3 amide bonds. The molecule has 0 heterocycles. The monoisotopic (exact) mass is 547 g/mol. The highest BCUT2D eigenvalue weighted by Crippen LogP contribution is 2.28. The predicted molar refractivity (Wildman–Crippen MR) is 161 cm³/mol. The average Bonchev–Trinajstić information content (AvgIpc) is 2.88. The Hall–Kier alpha value is -3.78. The molecule has 2 N–H and O–H groups in total. The lowest BCUT2D eigenvalue weighted by atomic mass is 9.99. The summed E-state index contributed by atoms with van der Waals surface area (Å²) >= 11 is 4.33. The van der Waals surface area contributed by atoms with Gasteiger partial charge < -0.3 is 20.3 Å². The Balaban J connectivity index is 2.00. The summed E-state index contributed by atoms with van der Waals surface area (Å²) in [5, 5.41) is 7.65. The van der Waals surface area contributed by atoms with Crippen molar-refractivity contribution in [2.75, 3.05) is 11.1 Å². The quantitative estimate of drug-likeness (QED) is 0.278. The number of anilines is 1. The second-order valence-corrected chi connectivity index (χ2v) is 10.9. The highest BCUT2D eigenvalue weighted by atomic mass is 32.1. The normalized spacial score (nSPS) is 12.9. The van der Waals surface area contributed by atoms with Gasteiger partial charge in [-0.2, -0.15) is 12.6 Å². The van der Waals surface area contributed by atoms with Crippen LogP contribution in [0.3, 0.4) is 0 Å². The van der Waals surface area contributed by atoms with Crippen molar-refractivity contribution in [3.05, 3.63) is 84.4 Å². The fourth-order valence-electron chi connectivity index (χ4n) is 4.27. The van der Waals surface area contributed by atoms with Crippen molar-refractivity contribution in [3.8, 4) is 0 Å². The van der Waals surface area contributed by atoms with E-state index in [-0.39, 0.29) is 17.7 Å². The van der Waals surface area contributed by atoms with Gasteiger partial charge in [0.2, 0.25) is 5.91 Å². The number of hydrogen-bond acceptors (Lipinski definition) is 5. The number of ether oxygens (including phenoxy) is 1. The summed E-state index contributed by atoms with van der Waals surface area (Å²) in [5.74, 6) is -0.815. The molecule has 8 heteroatoms. The Labute approximate surface area is 236 Å². The van der Waals surface area contributed by atoms with Crippen LogP contribution >= 0.6 is 12.6 Å². The predicted octanol–water partition coefficient (Wildman–Crippen LogP) is 6.22. The van der Waals surface area contributed by atoms with Gasteiger partial charge in [-0.25, -0.2) is 4.79 Å². The van der Waals surface area contributed by atoms with Crippen LogP contribution in [0.15, 0.2) is 73.3 Å². The number of carbonyl (C=O) groups is 3. The van der Waals surface area contributed by atoms with Crippen molar-refractivity contribution in [1.82, 2.24) is 10.2 Å². The largest absolute Gasteiger partial charge is 0.444 e. The molecule has 2 atom stereocenters. The number of alkyl carbamates (subject to hydrolysis) is 1. The Morgan fingerprint density at radius 3 is 2.31 bits per heavy atom. The van der Waals surface area contributed by atoms with Gasteiger partial charge in [-0.3, -0.25) is 9.59 Å². The molecule has 2 unspecified atom stereocenters. The Morgan fingerprint density at radius 1 is 1.00 bits per heavy atom. The van der Waals surface area contributed by atoms with Crippen LogP contribution < -0.4 is 10.6 Å². The van der Waals surface area contributed by atoms with Crippen molar-refractivity contribution in [1.29, 1.82) is 0 Å². The smallest absolute Gasteiger partial charge is 0.408 e. The van der Waals surface area contributed by atoms with Crippen molar-refractivity contribution < 1.29 is 19.1 Å². The van der Waals surface area contributed by atoms with Crippen molar-refractivity contribution >= 4 is 53.1 Å². The zero-order valence-corrected chi connectivity index (χ0v) is 24.0. The zero-order chi connectivity index (χ0) is 28.7. The molecule has 0 saturated carbocycles. The average molecular weight is 548 g/mol. The van der Waals surface area contributed by atoms with E-state index in [1.54, 1.807) is 32.9 Å². The molecule has 7 nitrogen and oxygen atoms in total. The molecular formula is C31H37N3O4S. The fraction of sp³-hybridized carbons (Fsp3) is 0.323. The summed E-state index contributed by atoms with van der Waals surface area (Å²) in [5.41, 5.74) is 1.30. The summed E-state index contributed by atoms with van der Waals surface area (Å²) < 4.78 is 5.35. The SMILES string of the molecule is C=Cc1cccc(C(C(=O)Nc2ccc3ccccc3c2)N(C(=O)C(CS)NC(=O)OC(C)(C)C)C(C)C)c1. The summed E-state index contributed by atoms with van der Waals surface area (Å²) in [7, 11) is 0. The van der Waals surface area contributed by atoms with Gasteiger partial charge in [0.25, 0.3) is 5.91 Å². The maximum absolute atomic E-state index is 14.0. The van der Waals surface area contributed by atoms with Crippen LogP contribution in [-0.4, -0.2) is 46.2 Å². The molecule has 0 aliphatic carbocycles. The topological polar surface area (TPSA) is 87.7 Å². The van der Waals surface area contributed by atoms with Crippen molar-refractivity contribution in [3.63, 3.8) is 0 Å². The molecule has 206 valence electrons. The molecule has 3 aromatic rings. The molecule has 0 fully saturated rings. The number of nitrogens with one attached hydrogen (secondary N) is 2. The second kappa shape index (κ2) is 12.8. The molecule has 39 heavy (non-hydrogen) atoms.